The van der Waals surface area contributed by atoms with Crippen LogP contribution in [0.1, 0.15) is 4.88 Å². The smallest absolute Gasteiger partial charge is 0.229 e. The number of nitrogens with one attached hydrogen (secondary N) is 1. The first kappa shape index (κ1) is 9.86. The molecule has 0 aliphatic heterocycles. The number of aromatic nitrogens is 1. The average Bonchev–Trinajstić information content (AvgIpc) is 2.71. The van der Waals surface area contributed by atoms with Crippen LogP contribution in [0.3, 0.4) is 0 Å². The van der Waals surface area contributed by atoms with E-state index in [1.165, 1.54) is 11.3 Å². The first-order valence-corrected chi connectivity index (χ1v) is 5.45. The van der Waals surface area contributed by atoms with Crippen molar-refractivity contribution in [3.05, 3.63) is 46.9 Å². The minimum atomic E-state index is -0.00884. The van der Waals surface area contributed by atoms with Crippen LogP contribution in [0.2, 0.25) is 0 Å². The van der Waals surface area contributed by atoms with E-state index in [4.69, 9.17) is 0 Å². The van der Waals surface area contributed by atoms with E-state index < -0.39 is 0 Å². The number of carbonyl (C=O) groups excluding carboxylic acids is 1. The number of amides is 1. The number of thiazole rings is 1. The molecule has 1 N–H and O–H groups in total. The van der Waals surface area contributed by atoms with Crippen LogP contribution < -0.4 is 5.32 Å². The zero-order chi connectivity index (χ0) is 10.5. The molecule has 0 saturated heterocycles. The first-order chi connectivity index (χ1) is 7.34. The Morgan fingerprint density at radius 1 is 1.33 bits per heavy atom. The van der Waals surface area contributed by atoms with Crippen LogP contribution in [0.4, 0.5) is 5.69 Å². The first-order valence-electron chi connectivity index (χ1n) is 4.57. The van der Waals surface area contributed by atoms with Gasteiger partial charge < -0.3 is 5.32 Å². The van der Waals surface area contributed by atoms with Gasteiger partial charge in [-0.1, -0.05) is 18.2 Å². The molecule has 1 heterocycles. The van der Waals surface area contributed by atoms with Crippen LogP contribution in [0, 0.1) is 0 Å². The summed E-state index contributed by atoms with van der Waals surface area (Å²) in [7, 11) is 0. The standard InChI is InChI=1S/C11H10N2OS/c14-11(6-10-7-12-8-15-10)13-9-4-2-1-3-5-9/h1-5,7-8H,6H2,(H,13,14). The molecule has 0 spiro atoms. The molecule has 0 bridgehead atoms. The average molecular weight is 218 g/mol. The molecule has 0 aliphatic rings. The topological polar surface area (TPSA) is 42.0 Å². The van der Waals surface area contributed by atoms with Crippen LogP contribution in [-0.2, 0) is 11.2 Å². The third kappa shape index (κ3) is 2.89. The van der Waals surface area contributed by atoms with Crippen molar-refractivity contribution >= 4 is 22.9 Å². The second kappa shape index (κ2) is 4.70. The van der Waals surface area contributed by atoms with E-state index in [1.54, 1.807) is 11.7 Å². The van der Waals surface area contributed by atoms with Crippen LogP contribution in [0.5, 0.6) is 0 Å². The lowest BCUT2D eigenvalue weighted by molar-refractivity contribution is -0.115. The van der Waals surface area contributed by atoms with Crippen molar-refractivity contribution in [2.45, 2.75) is 6.42 Å². The van der Waals surface area contributed by atoms with Crippen LogP contribution >= 0.6 is 11.3 Å². The molecule has 0 saturated carbocycles. The highest BCUT2D eigenvalue weighted by atomic mass is 32.1. The lowest BCUT2D eigenvalue weighted by Gasteiger charge is -2.02. The number of nitrogens with zero attached hydrogens (tertiary/aromatic N) is 1. The maximum Gasteiger partial charge on any atom is 0.229 e. The maximum atomic E-state index is 11.5. The summed E-state index contributed by atoms with van der Waals surface area (Å²) < 4.78 is 0. The number of hydrogen-bond donors (Lipinski definition) is 1. The third-order valence-electron chi connectivity index (χ3n) is 1.88. The molecule has 0 radical (unpaired) electrons. The molecule has 1 aromatic carbocycles. The second-order valence-corrected chi connectivity index (χ2v) is 4.03. The summed E-state index contributed by atoms with van der Waals surface area (Å²) in [5.74, 6) is -0.00884. The third-order valence-corrected chi connectivity index (χ3v) is 2.66. The molecule has 0 atom stereocenters. The molecule has 1 amide bonds. The van der Waals surface area contributed by atoms with Crippen molar-refractivity contribution in [2.75, 3.05) is 5.32 Å². The maximum absolute atomic E-state index is 11.5. The van der Waals surface area contributed by atoms with Crippen molar-refractivity contribution in [1.82, 2.24) is 4.98 Å². The van der Waals surface area contributed by atoms with E-state index in [-0.39, 0.29) is 5.91 Å². The highest BCUT2D eigenvalue weighted by Gasteiger charge is 2.04. The van der Waals surface area contributed by atoms with Gasteiger partial charge in [0.25, 0.3) is 0 Å². The summed E-state index contributed by atoms with van der Waals surface area (Å²) in [6, 6.07) is 9.43. The van der Waals surface area contributed by atoms with E-state index in [2.05, 4.69) is 10.3 Å². The largest absolute Gasteiger partial charge is 0.326 e. The number of rotatable bonds is 3. The van der Waals surface area contributed by atoms with E-state index >= 15 is 0 Å². The van der Waals surface area contributed by atoms with Crippen molar-refractivity contribution in [3.8, 4) is 0 Å². The fraction of sp³-hybridized carbons (Fsp3) is 0.0909. The van der Waals surface area contributed by atoms with E-state index in [9.17, 15) is 4.79 Å². The molecule has 4 heteroatoms. The Morgan fingerprint density at radius 2 is 2.13 bits per heavy atom. The summed E-state index contributed by atoms with van der Waals surface area (Å²) >= 11 is 1.49. The van der Waals surface area contributed by atoms with Crippen LogP contribution in [-0.4, -0.2) is 10.9 Å². The van der Waals surface area contributed by atoms with E-state index in [1.807, 2.05) is 30.3 Å². The quantitative estimate of drug-likeness (QED) is 0.859. The van der Waals surface area contributed by atoms with Gasteiger partial charge in [-0.2, -0.15) is 0 Å². The van der Waals surface area contributed by atoms with Crippen molar-refractivity contribution in [1.29, 1.82) is 0 Å². The van der Waals surface area contributed by atoms with Crippen molar-refractivity contribution < 1.29 is 4.79 Å². The molecule has 15 heavy (non-hydrogen) atoms. The van der Waals surface area contributed by atoms with Crippen molar-refractivity contribution in [2.24, 2.45) is 0 Å². The Labute approximate surface area is 91.8 Å². The Morgan fingerprint density at radius 3 is 2.80 bits per heavy atom. The molecule has 3 nitrogen and oxygen atoms in total. The van der Waals surface area contributed by atoms with Gasteiger partial charge in [0.05, 0.1) is 11.9 Å². The summed E-state index contributed by atoms with van der Waals surface area (Å²) in [4.78, 5) is 16.4. The van der Waals surface area contributed by atoms with Gasteiger partial charge in [0.15, 0.2) is 0 Å². The minimum Gasteiger partial charge on any atom is -0.326 e. The van der Waals surface area contributed by atoms with Crippen molar-refractivity contribution in [3.63, 3.8) is 0 Å². The fourth-order valence-corrected chi connectivity index (χ4v) is 1.81. The highest BCUT2D eigenvalue weighted by Crippen LogP contribution is 2.09. The lowest BCUT2D eigenvalue weighted by atomic mass is 10.3. The monoisotopic (exact) mass is 218 g/mol. The molecular formula is C11H10N2OS. The summed E-state index contributed by atoms with van der Waals surface area (Å²) in [5, 5.41) is 2.82. The van der Waals surface area contributed by atoms with Gasteiger partial charge in [-0.3, -0.25) is 9.78 Å². The summed E-state index contributed by atoms with van der Waals surface area (Å²) in [6.07, 6.45) is 2.11. The molecule has 0 fully saturated rings. The predicted molar refractivity (Wildman–Crippen MR) is 60.9 cm³/mol. The Balaban J connectivity index is 1.94. The normalized spacial score (nSPS) is 9.87. The zero-order valence-electron chi connectivity index (χ0n) is 8.01. The Bertz CT molecular complexity index is 425. The lowest BCUT2D eigenvalue weighted by Crippen LogP contribution is -2.13. The molecular weight excluding hydrogens is 208 g/mol. The van der Waals surface area contributed by atoms with Gasteiger partial charge in [-0.15, -0.1) is 11.3 Å². The van der Waals surface area contributed by atoms with Gasteiger partial charge in [-0.05, 0) is 12.1 Å². The number of para-hydroxylation sites is 1. The van der Waals surface area contributed by atoms with Gasteiger partial charge in [0.1, 0.15) is 0 Å². The minimum absolute atomic E-state index is 0.00884. The van der Waals surface area contributed by atoms with Gasteiger partial charge in [0.2, 0.25) is 5.91 Å². The molecule has 0 aliphatic carbocycles. The summed E-state index contributed by atoms with van der Waals surface area (Å²) in [6.45, 7) is 0. The number of anilines is 1. The SMILES string of the molecule is O=C(Cc1cncs1)Nc1ccccc1. The van der Waals surface area contributed by atoms with E-state index in [0.717, 1.165) is 10.6 Å². The molecule has 2 aromatic rings. The number of carbonyl (C=O) groups is 1. The molecule has 76 valence electrons. The predicted octanol–water partition coefficient (Wildman–Crippen LogP) is 2.32. The number of benzene rings is 1. The van der Waals surface area contributed by atoms with Gasteiger partial charge >= 0.3 is 0 Å². The number of hydrogen-bond acceptors (Lipinski definition) is 3. The van der Waals surface area contributed by atoms with Gasteiger partial charge in [0, 0.05) is 16.8 Å². The molecule has 2 rings (SSSR count). The second-order valence-electron chi connectivity index (χ2n) is 3.06. The fourth-order valence-electron chi connectivity index (χ4n) is 1.21. The molecule has 1 aromatic heterocycles. The molecule has 0 unspecified atom stereocenters. The Kier molecular flexibility index (Phi) is 3.09. The summed E-state index contributed by atoms with van der Waals surface area (Å²) in [5.41, 5.74) is 2.55. The van der Waals surface area contributed by atoms with Crippen LogP contribution in [0.25, 0.3) is 0 Å². The van der Waals surface area contributed by atoms with Crippen LogP contribution in [0.15, 0.2) is 42.0 Å². The van der Waals surface area contributed by atoms with E-state index in [0.29, 0.717) is 6.42 Å². The zero-order valence-corrected chi connectivity index (χ0v) is 8.83. The Hall–Kier alpha value is -1.68. The van der Waals surface area contributed by atoms with Gasteiger partial charge in [-0.25, -0.2) is 0 Å². The highest BCUT2D eigenvalue weighted by molar-refractivity contribution is 7.09.